The molecule has 1 aliphatic heterocycles. The molecule has 2 bridgehead atoms. The first-order chi connectivity index (χ1) is 32.6. The summed E-state index contributed by atoms with van der Waals surface area (Å²) in [4.78, 5) is 85.9. The molecule has 15 nitrogen and oxygen atoms in total. The number of aliphatic hydroxyl groups is 2. The first-order valence-corrected chi connectivity index (χ1v) is 26.4. The van der Waals surface area contributed by atoms with Crippen molar-refractivity contribution in [2.75, 3.05) is 6.61 Å². The first-order valence-electron chi connectivity index (χ1n) is 23.8. The van der Waals surface area contributed by atoms with Gasteiger partial charge in [-0.25, -0.2) is 9.59 Å². The van der Waals surface area contributed by atoms with Crippen LogP contribution in [-0.2, 0) is 47.3 Å². The number of nitrogens with one attached hydrogen (secondary N) is 1. The molecule has 16 heteroatoms. The number of Topliss-reactive ketones (excluding diaryl/α,β-unsaturated/α-hetero) is 1. The molecule has 3 fully saturated rings. The van der Waals surface area contributed by atoms with Gasteiger partial charge in [-0.15, -0.1) is 0 Å². The second-order valence-electron chi connectivity index (χ2n) is 19.7. The molecule has 7 rings (SSSR count). The van der Waals surface area contributed by atoms with Gasteiger partial charge in [-0.3, -0.25) is 19.2 Å². The fourth-order valence-corrected chi connectivity index (χ4v) is 14.6. The van der Waals surface area contributed by atoms with Crippen LogP contribution in [0.3, 0.4) is 0 Å². The number of hydrogen-bond donors (Lipinski definition) is 3. The van der Waals surface area contributed by atoms with Crippen molar-refractivity contribution in [1.82, 2.24) is 5.32 Å². The normalized spacial score (nSPS) is 30.1. The molecule has 0 aromatic heterocycles. The van der Waals surface area contributed by atoms with Crippen LogP contribution in [-0.4, -0.2) is 109 Å². The fourth-order valence-electron chi connectivity index (χ4n) is 11.6. The number of carbonyl (C=O) groups excluding carboxylic acids is 6. The molecular formula is C53H65NO14Si. The predicted octanol–water partition coefficient (Wildman–Crippen LogP) is 6.77. The lowest BCUT2D eigenvalue weighted by molar-refractivity contribution is -0.344. The van der Waals surface area contributed by atoms with Crippen molar-refractivity contribution in [2.45, 2.75) is 147 Å². The Hall–Kier alpha value is -5.52. The molecule has 1 amide bonds. The Morgan fingerprint density at radius 2 is 1.38 bits per heavy atom. The fraction of sp³-hybridized carbons (Fsp3) is 0.509. The quantitative estimate of drug-likeness (QED) is 0.0622. The Morgan fingerprint density at radius 1 is 0.812 bits per heavy atom. The highest BCUT2D eigenvalue weighted by molar-refractivity contribution is 6.73. The molecule has 3 N–H and O–H groups in total. The Morgan fingerprint density at radius 3 is 1.90 bits per heavy atom. The van der Waals surface area contributed by atoms with Gasteiger partial charge in [0.1, 0.15) is 23.9 Å². The van der Waals surface area contributed by atoms with Crippen LogP contribution in [0.4, 0.5) is 0 Å². The van der Waals surface area contributed by atoms with Gasteiger partial charge < -0.3 is 43.6 Å². The SMILES string of the molecule is CC[Si](CC)(CC)O[C@H]1C[C@H]2OCC2(OC(C)=O)[C@@H]2[C@@H](OC(=O)c3ccccc3)[C@]3(O)C[C@@H](OC(=O)[C@@H](O)[C@H](NC(=O)c4ccccc4)c4ccccc4)C(C)=C([C@@H](OC(C)=O)C(=O)[C@]12C)C3(C)C. The monoisotopic (exact) mass is 967 g/mol. The highest BCUT2D eigenvalue weighted by Gasteiger charge is 2.79. The standard InChI is InChI=1S/C53H65NO14Si/c1-10-69(11-2,12-3)68-38-28-39-52(30-63-39,67-33(6)56)44-46(66-48(60)36-26-20-15-21-27-36)53(62)29-37(31(4)40(50(53,7)8)43(64-32(5)55)45(58)51(38,44)9)65-49(61)42(57)41(34-22-16-13-17-23-34)54-47(59)35-24-18-14-19-25-35/h13-27,37-39,41-44,46,57,62H,10-12,28-30H2,1-9H3,(H,54,59)/t37-,38+,39-,41-,42+,43-,44-,46-,51-,52?,53-/m1/s1. The summed E-state index contributed by atoms with van der Waals surface area (Å²) in [6.07, 6.45) is -9.27. The van der Waals surface area contributed by atoms with Crippen molar-refractivity contribution >= 4 is 43.9 Å². The van der Waals surface area contributed by atoms with Crippen molar-refractivity contribution in [3.05, 3.63) is 119 Å². The Labute approximate surface area is 404 Å². The van der Waals surface area contributed by atoms with E-state index in [-0.39, 0.29) is 35.3 Å². The van der Waals surface area contributed by atoms with Crippen molar-refractivity contribution in [1.29, 1.82) is 0 Å². The molecular weight excluding hydrogens is 903 g/mol. The molecule has 370 valence electrons. The smallest absolute Gasteiger partial charge is 0.338 e. The van der Waals surface area contributed by atoms with Gasteiger partial charge >= 0.3 is 23.9 Å². The molecule has 3 aromatic carbocycles. The van der Waals surface area contributed by atoms with Gasteiger partial charge in [0.05, 0.1) is 35.6 Å². The summed E-state index contributed by atoms with van der Waals surface area (Å²) in [6.45, 7) is 14.8. The summed E-state index contributed by atoms with van der Waals surface area (Å²) in [5.41, 5.74) is -6.44. The van der Waals surface area contributed by atoms with E-state index in [1.54, 1.807) is 107 Å². The van der Waals surface area contributed by atoms with Crippen LogP contribution in [0.5, 0.6) is 0 Å². The highest BCUT2D eigenvalue weighted by Crippen LogP contribution is 2.65. The molecule has 2 saturated carbocycles. The summed E-state index contributed by atoms with van der Waals surface area (Å²) >= 11 is 0. The zero-order valence-electron chi connectivity index (χ0n) is 40.8. The largest absolute Gasteiger partial charge is 0.456 e. The van der Waals surface area contributed by atoms with Crippen LogP contribution in [0.2, 0.25) is 18.1 Å². The van der Waals surface area contributed by atoms with E-state index >= 15 is 4.79 Å². The number of ketones is 1. The maximum atomic E-state index is 16.3. The van der Waals surface area contributed by atoms with Crippen molar-refractivity contribution in [3.8, 4) is 0 Å². The van der Waals surface area contributed by atoms with E-state index in [0.29, 0.717) is 23.7 Å². The maximum Gasteiger partial charge on any atom is 0.338 e. The van der Waals surface area contributed by atoms with E-state index in [1.807, 2.05) is 20.8 Å². The third kappa shape index (κ3) is 8.98. The number of ether oxygens (including phenoxy) is 5. The molecule has 1 saturated heterocycles. The number of benzene rings is 3. The third-order valence-corrected chi connectivity index (χ3v) is 20.4. The Bertz CT molecular complexity index is 2450. The third-order valence-electron chi connectivity index (χ3n) is 15.8. The van der Waals surface area contributed by atoms with Crippen LogP contribution < -0.4 is 5.32 Å². The number of carbonyl (C=O) groups is 6. The van der Waals surface area contributed by atoms with E-state index in [1.165, 1.54) is 19.1 Å². The second-order valence-corrected chi connectivity index (χ2v) is 24.4. The molecule has 3 aliphatic carbocycles. The summed E-state index contributed by atoms with van der Waals surface area (Å²) in [7, 11) is -2.64. The number of esters is 4. The molecule has 4 aliphatic rings. The van der Waals surface area contributed by atoms with Gasteiger partial charge in [0.15, 0.2) is 31.9 Å². The summed E-state index contributed by atoms with van der Waals surface area (Å²) in [5.74, 6) is -6.29. The number of rotatable bonds is 15. The number of aliphatic hydroxyl groups excluding tert-OH is 1. The molecule has 69 heavy (non-hydrogen) atoms. The van der Waals surface area contributed by atoms with Gasteiger partial charge in [0, 0.05) is 37.7 Å². The lowest BCUT2D eigenvalue weighted by Crippen LogP contribution is -2.82. The van der Waals surface area contributed by atoms with Crippen molar-refractivity contribution in [2.24, 2.45) is 16.7 Å². The molecule has 0 spiro atoms. The topological polar surface area (TPSA) is 210 Å². The Balaban J connectivity index is 1.44. The van der Waals surface area contributed by atoms with Gasteiger partial charge in [0.2, 0.25) is 0 Å². The lowest BCUT2D eigenvalue weighted by atomic mass is 9.44. The molecule has 3 aromatic rings. The van der Waals surface area contributed by atoms with Crippen LogP contribution in [0, 0.1) is 16.7 Å². The molecule has 1 unspecified atom stereocenters. The minimum absolute atomic E-state index is 0.0777. The minimum Gasteiger partial charge on any atom is -0.456 e. The summed E-state index contributed by atoms with van der Waals surface area (Å²) < 4.78 is 38.9. The zero-order valence-corrected chi connectivity index (χ0v) is 41.8. The molecule has 1 heterocycles. The van der Waals surface area contributed by atoms with Gasteiger partial charge in [-0.05, 0) is 73.0 Å². The van der Waals surface area contributed by atoms with E-state index in [4.69, 9.17) is 28.1 Å². The average Bonchev–Trinajstić information content (AvgIpc) is 3.33. The van der Waals surface area contributed by atoms with E-state index < -0.39 is 121 Å². The maximum absolute atomic E-state index is 16.3. The summed E-state index contributed by atoms with van der Waals surface area (Å²) in [6, 6.07) is 25.5. The van der Waals surface area contributed by atoms with Crippen molar-refractivity contribution < 1.29 is 67.1 Å². The molecule has 11 atom stereocenters. The summed E-state index contributed by atoms with van der Waals surface area (Å²) in [5, 5.41) is 28.8. The van der Waals surface area contributed by atoms with Gasteiger partial charge in [-0.1, -0.05) is 101 Å². The van der Waals surface area contributed by atoms with E-state index in [0.717, 1.165) is 6.92 Å². The molecule has 0 radical (unpaired) electrons. The van der Waals surface area contributed by atoms with Crippen LogP contribution in [0.15, 0.2) is 102 Å². The lowest BCUT2D eigenvalue weighted by Gasteiger charge is -2.68. The minimum atomic E-state index is -2.64. The highest BCUT2D eigenvalue weighted by atomic mass is 28.4. The first kappa shape index (κ1) is 51.3. The zero-order chi connectivity index (χ0) is 50.3. The van der Waals surface area contributed by atoms with Gasteiger partial charge in [0.25, 0.3) is 5.91 Å². The average molecular weight is 968 g/mol. The van der Waals surface area contributed by atoms with Crippen molar-refractivity contribution in [3.63, 3.8) is 0 Å². The van der Waals surface area contributed by atoms with Crippen LogP contribution in [0.1, 0.15) is 107 Å². The number of fused-ring (bicyclic) bond motifs is 5. The number of hydrogen-bond acceptors (Lipinski definition) is 14. The van der Waals surface area contributed by atoms with Crippen LogP contribution >= 0.6 is 0 Å². The predicted molar refractivity (Wildman–Crippen MR) is 254 cm³/mol. The Kier molecular flexibility index (Phi) is 14.7. The van der Waals surface area contributed by atoms with E-state index in [2.05, 4.69) is 5.32 Å². The van der Waals surface area contributed by atoms with E-state index in [9.17, 15) is 34.2 Å². The van der Waals surface area contributed by atoms with Crippen LogP contribution in [0.25, 0.3) is 0 Å². The number of amides is 1. The second kappa shape index (κ2) is 19.7. The van der Waals surface area contributed by atoms with Gasteiger partial charge in [-0.2, -0.15) is 0 Å².